The Balaban J connectivity index is 1.80. The number of aryl methyl sites for hydroxylation is 1. The van der Waals surface area contributed by atoms with Gasteiger partial charge in [0.15, 0.2) is 5.16 Å². The fraction of sp³-hybridized carbons (Fsp3) is 0.167. The highest BCUT2D eigenvalue weighted by molar-refractivity contribution is 7.98. The predicted molar refractivity (Wildman–Crippen MR) is 123 cm³/mol. The SMILES string of the molecule is COC(=O)c1ccc2c(=O)n(-c3ccccc3)c(SCc3cc(C(=O)OC)c(C)o3)nc2c1. The number of nitrogens with zero attached hydrogens (tertiary/aromatic N) is 2. The zero-order valence-corrected chi connectivity index (χ0v) is 19.0. The summed E-state index contributed by atoms with van der Waals surface area (Å²) in [5, 5.41) is 0.784. The van der Waals surface area contributed by atoms with Crippen LogP contribution in [0, 0.1) is 6.92 Å². The maximum atomic E-state index is 13.4. The van der Waals surface area contributed by atoms with E-state index in [-0.39, 0.29) is 5.56 Å². The fourth-order valence-corrected chi connectivity index (χ4v) is 4.27. The van der Waals surface area contributed by atoms with E-state index in [9.17, 15) is 14.4 Å². The van der Waals surface area contributed by atoms with Gasteiger partial charge in [-0.2, -0.15) is 0 Å². The third-order valence-electron chi connectivity index (χ3n) is 4.99. The highest BCUT2D eigenvalue weighted by Gasteiger charge is 2.18. The number of benzene rings is 2. The van der Waals surface area contributed by atoms with Crippen LogP contribution in [0.2, 0.25) is 0 Å². The first-order valence-corrected chi connectivity index (χ1v) is 10.9. The molecule has 0 aliphatic carbocycles. The predicted octanol–water partition coefficient (Wildman–Crippen LogP) is 4.15. The maximum absolute atomic E-state index is 13.4. The van der Waals surface area contributed by atoms with Crippen molar-refractivity contribution in [1.82, 2.24) is 9.55 Å². The van der Waals surface area contributed by atoms with Crippen LogP contribution in [0.3, 0.4) is 0 Å². The topological polar surface area (TPSA) is 101 Å². The average Bonchev–Trinajstić information content (AvgIpc) is 3.22. The standard InChI is InChI=1S/C24H20N2O6S/c1-14-19(23(29)31-3)12-17(32-14)13-33-24-25-20-11-15(22(28)30-2)9-10-18(20)21(27)26(24)16-7-5-4-6-8-16/h4-12H,13H2,1-3H3. The van der Waals surface area contributed by atoms with Gasteiger partial charge in [-0.05, 0) is 43.3 Å². The van der Waals surface area contributed by atoms with Crippen molar-refractivity contribution in [2.75, 3.05) is 14.2 Å². The quantitative estimate of drug-likeness (QED) is 0.238. The number of methoxy groups -OCH3 is 2. The molecule has 0 fully saturated rings. The lowest BCUT2D eigenvalue weighted by Crippen LogP contribution is -2.22. The van der Waals surface area contributed by atoms with Gasteiger partial charge in [-0.1, -0.05) is 30.0 Å². The molecule has 2 aromatic carbocycles. The van der Waals surface area contributed by atoms with E-state index in [4.69, 9.17) is 13.9 Å². The molecule has 0 radical (unpaired) electrons. The van der Waals surface area contributed by atoms with Crippen molar-refractivity contribution in [3.05, 3.63) is 87.6 Å². The van der Waals surface area contributed by atoms with E-state index < -0.39 is 11.9 Å². The van der Waals surface area contributed by atoms with Gasteiger partial charge in [0.05, 0.1) is 42.1 Å². The van der Waals surface area contributed by atoms with E-state index in [2.05, 4.69) is 4.98 Å². The van der Waals surface area contributed by atoms with E-state index in [0.29, 0.717) is 50.1 Å². The van der Waals surface area contributed by atoms with Gasteiger partial charge < -0.3 is 13.9 Å². The number of hydrogen-bond acceptors (Lipinski definition) is 8. The first-order valence-electron chi connectivity index (χ1n) is 9.94. The molecule has 8 nitrogen and oxygen atoms in total. The van der Waals surface area contributed by atoms with Crippen LogP contribution in [0.4, 0.5) is 0 Å². The average molecular weight is 464 g/mol. The Morgan fingerprint density at radius 2 is 1.76 bits per heavy atom. The summed E-state index contributed by atoms with van der Waals surface area (Å²) >= 11 is 1.28. The highest BCUT2D eigenvalue weighted by atomic mass is 32.2. The van der Waals surface area contributed by atoms with Crippen LogP contribution in [0.15, 0.2) is 69.0 Å². The molecular formula is C24H20N2O6S. The molecule has 0 aliphatic heterocycles. The number of para-hydroxylation sites is 1. The Morgan fingerprint density at radius 3 is 2.45 bits per heavy atom. The molecule has 0 atom stereocenters. The maximum Gasteiger partial charge on any atom is 0.341 e. The van der Waals surface area contributed by atoms with Gasteiger partial charge in [0.25, 0.3) is 5.56 Å². The Hall–Kier alpha value is -3.85. The molecule has 0 bridgehead atoms. The summed E-state index contributed by atoms with van der Waals surface area (Å²) in [5.41, 5.74) is 1.42. The molecule has 0 unspecified atom stereocenters. The molecule has 0 N–H and O–H groups in total. The molecule has 2 aromatic heterocycles. The summed E-state index contributed by atoms with van der Waals surface area (Å²) in [7, 11) is 2.60. The Labute approximate surface area is 193 Å². The molecule has 0 amide bonds. The highest BCUT2D eigenvalue weighted by Crippen LogP contribution is 2.27. The van der Waals surface area contributed by atoms with Crippen molar-refractivity contribution in [2.24, 2.45) is 0 Å². The van der Waals surface area contributed by atoms with Crippen LogP contribution >= 0.6 is 11.8 Å². The van der Waals surface area contributed by atoms with Gasteiger partial charge in [0.2, 0.25) is 0 Å². The number of hydrogen-bond donors (Lipinski definition) is 0. The van der Waals surface area contributed by atoms with Crippen LogP contribution in [0.25, 0.3) is 16.6 Å². The molecule has 2 heterocycles. The molecule has 33 heavy (non-hydrogen) atoms. The summed E-state index contributed by atoms with van der Waals surface area (Å²) < 4.78 is 16.8. The van der Waals surface area contributed by atoms with Crippen LogP contribution in [0.1, 0.15) is 32.2 Å². The number of carbonyl (C=O) groups excluding carboxylic acids is 2. The number of rotatable bonds is 6. The van der Waals surface area contributed by atoms with E-state index in [1.165, 1.54) is 36.6 Å². The summed E-state index contributed by atoms with van der Waals surface area (Å²) in [4.78, 5) is 41.9. The largest absolute Gasteiger partial charge is 0.465 e. The minimum absolute atomic E-state index is 0.268. The zero-order chi connectivity index (χ0) is 23.5. The van der Waals surface area contributed by atoms with Gasteiger partial charge in [-0.15, -0.1) is 0 Å². The van der Waals surface area contributed by atoms with E-state index in [0.717, 1.165) is 0 Å². The van der Waals surface area contributed by atoms with Gasteiger partial charge in [-0.25, -0.2) is 14.6 Å². The lowest BCUT2D eigenvalue weighted by atomic mass is 10.1. The minimum atomic E-state index is -0.512. The van der Waals surface area contributed by atoms with Crippen molar-refractivity contribution >= 4 is 34.6 Å². The molecule has 4 rings (SSSR count). The van der Waals surface area contributed by atoms with Crippen LogP contribution < -0.4 is 5.56 Å². The van der Waals surface area contributed by atoms with Gasteiger partial charge in [-0.3, -0.25) is 9.36 Å². The van der Waals surface area contributed by atoms with Crippen LogP contribution in [0.5, 0.6) is 0 Å². The third kappa shape index (κ3) is 4.40. The van der Waals surface area contributed by atoms with Gasteiger partial charge in [0.1, 0.15) is 17.1 Å². The Kier molecular flexibility index (Phi) is 6.32. The van der Waals surface area contributed by atoms with Crippen molar-refractivity contribution in [3.63, 3.8) is 0 Å². The Morgan fingerprint density at radius 1 is 1.03 bits per heavy atom. The normalized spacial score (nSPS) is 10.9. The number of thioether (sulfide) groups is 1. The smallest absolute Gasteiger partial charge is 0.341 e. The number of fused-ring (bicyclic) bond motifs is 1. The van der Waals surface area contributed by atoms with Crippen molar-refractivity contribution in [3.8, 4) is 5.69 Å². The second kappa shape index (κ2) is 9.33. The summed E-state index contributed by atoms with van der Waals surface area (Å²) in [6.07, 6.45) is 0. The monoisotopic (exact) mass is 464 g/mol. The van der Waals surface area contributed by atoms with Crippen LogP contribution in [-0.2, 0) is 15.2 Å². The van der Waals surface area contributed by atoms with Crippen molar-refractivity contribution in [2.45, 2.75) is 17.8 Å². The summed E-state index contributed by atoms with van der Waals surface area (Å²) in [5.74, 6) is 0.316. The molecule has 9 heteroatoms. The first kappa shape index (κ1) is 22.3. The number of furan rings is 1. The zero-order valence-electron chi connectivity index (χ0n) is 18.2. The fourth-order valence-electron chi connectivity index (χ4n) is 3.37. The Bertz CT molecular complexity index is 1410. The number of carbonyl (C=O) groups is 2. The summed E-state index contributed by atoms with van der Waals surface area (Å²) in [6.45, 7) is 1.68. The number of aromatic nitrogens is 2. The number of ether oxygens (including phenoxy) is 2. The van der Waals surface area contributed by atoms with E-state index in [1.54, 1.807) is 25.1 Å². The molecule has 0 aliphatic rings. The molecule has 0 spiro atoms. The minimum Gasteiger partial charge on any atom is -0.465 e. The number of esters is 2. The van der Waals surface area contributed by atoms with Crippen molar-refractivity contribution < 1.29 is 23.5 Å². The first-order chi connectivity index (χ1) is 15.9. The van der Waals surface area contributed by atoms with Crippen molar-refractivity contribution in [1.29, 1.82) is 0 Å². The van der Waals surface area contributed by atoms with Gasteiger partial charge in [0, 0.05) is 0 Å². The second-order valence-electron chi connectivity index (χ2n) is 7.06. The van der Waals surface area contributed by atoms with E-state index in [1.807, 2.05) is 30.3 Å². The lowest BCUT2D eigenvalue weighted by molar-refractivity contribution is 0.0590. The molecular weight excluding hydrogens is 444 g/mol. The molecule has 0 saturated heterocycles. The molecule has 4 aromatic rings. The third-order valence-corrected chi connectivity index (χ3v) is 5.95. The van der Waals surface area contributed by atoms with E-state index >= 15 is 0 Å². The second-order valence-corrected chi connectivity index (χ2v) is 8.00. The summed E-state index contributed by atoms with van der Waals surface area (Å²) in [6, 6.07) is 15.4. The van der Waals surface area contributed by atoms with Gasteiger partial charge >= 0.3 is 11.9 Å². The molecule has 168 valence electrons. The molecule has 0 saturated carbocycles. The van der Waals surface area contributed by atoms with Crippen LogP contribution in [-0.4, -0.2) is 35.7 Å². The lowest BCUT2D eigenvalue weighted by Gasteiger charge is -2.13.